The van der Waals surface area contributed by atoms with Crippen LogP contribution in [0.1, 0.15) is 20.3 Å². The third kappa shape index (κ3) is 4.74. The van der Waals surface area contributed by atoms with Crippen LogP contribution in [0.15, 0.2) is 57.3 Å². The van der Waals surface area contributed by atoms with E-state index < -0.39 is 17.8 Å². The predicted octanol–water partition coefficient (Wildman–Crippen LogP) is 2.81. The van der Waals surface area contributed by atoms with Crippen LogP contribution < -0.4 is 15.1 Å². The van der Waals surface area contributed by atoms with E-state index in [0.717, 1.165) is 11.0 Å². The Morgan fingerprint density at radius 1 is 1.27 bits per heavy atom. The van der Waals surface area contributed by atoms with Gasteiger partial charge in [0.05, 0.1) is 13.2 Å². The molecule has 0 bridgehead atoms. The standard InChI is InChI=1S/C20H24O6/c1-12(2)18(23)15(21)11-13(3)9-10-25-16-7-5-14-6-8-17(22)26-19(14)20(16)24-4/h5-9,15,18,21,23H,1,10-11H2,2-4H3/b13-9+/t15-,18-/m0/s1. The van der Waals surface area contributed by atoms with Crippen LogP contribution in [0.5, 0.6) is 11.5 Å². The van der Waals surface area contributed by atoms with Gasteiger partial charge in [-0.05, 0) is 50.1 Å². The van der Waals surface area contributed by atoms with Gasteiger partial charge in [-0.2, -0.15) is 0 Å². The van der Waals surface area contributed by atoms with E-state index in [1.807, 2.05) is 6.92 Å². The van der Waals surface area contributed by atoms with Crippen LogP contribution in [-0.2, 0) is 0 Å². The highest BCUT2D eigenvalue weighted by Gasteiger charge is 2.17. The number of methoxy groups -OCH3 is 1. The van der Waals surface area contributed by atoms with E-state index in [4.69, 9.17) is 13.9 Å². The summed E-state index contributed by atoms with van der Waals surface area (Å²) in [4.78, 5) is 11.4. The average Bonchev–Trinajstić information content (AvgIpc) is 2.60. The Kier molecular flexibility index (Phi) is 6.60. The first-order valence-corrected chi connectivity index (χ1v) is 8.24. The van der Waals surface area contributed by atoms with Crippen molar-refractivity contribution in [3.63, 3.8) is 0 Å². The highest BCUT2D eigenvalue weighted by molar-refractivity contribution is 5.85. The fourth-order valence-electron chi connectivity index (χ4n) is 2.52. The first-order chi connectivity index (χ1) is 12.3. The van der Waals surface area contributed by atoms with Crippen molar-refractivity contribution in [3.05, 3.63) is 58.5 Å². The second-order valence-electron chi connectivity index (χ2n) is 6.19. The van der Waals surface area contributed by atoms with Crippen molar-refractivity contribution < 1.29 is 24.1 Å². The maximum atomic E-state index is 11.4. The summed E-state index contributed by atoms with van der Waals surface area (Å²) in [7, 11) is 1.48. The number of ether oxygens (including phenoxy) is 2. The summed E-state index contributed by atoms with van der Waals surface area (Å²) in [5.41, 5.74) is 1.25. The molecule has 1 aromatic heterocycles. The third-order valence-electron chi connectivity index (χ3n) is 3.98. The second kappa shape index (κ2) is 8.69. The van der Waals surface area contributed by atoms with E-state index in [-0.39, 0.29) is 6.61 Å². The highest BCUT2D eigenvalue weighted by Crippen LogP contribution is 2.34. The van der Waals surface area contributed by atoms with Gasteiger partial charge in [-0.1, -0.05) is 12.2 Å². The van der Waals surface area contributed by atoms with Crippen LogP contribution in [0.2, 0.25) is 0 Å². The van der Waals surface area contributed by atoms with E-state index in [2.05, 4.69) is 6.58 Å². The third-order valence-corrected chi connectivity index (χ3v) is 3.98. The average molecular weight is 360 g/mol. The fourth-order valence-corrected chi connectivity index (χ4v) is 2.52. The van der Waals surface area contributed by atoms with E-state index in [1.54, 1.807) is 31.2 Å². The van der Waals surface area contributed by atoms with E-state index in [9.17, 15) is 15.0 Å². The molecule has 2 N–H and O–H groups in total. The summed E-state index contributed by atoms with van der Waals surface area (Å²) in [5, 5.41) is 20.5. The molecule has 2 rings (SSSR count). The maximum absolute atomic E-state index is 11.4. The molecule has 0 aliphatic rings. The quantitative estimate of drug-likeness (QED) is 0.556. The van der Waals surface area contributed by atoms with Crippen LogP contribution in [0.3, 0.4) is 0 Å². The number of rotatable bonds is 8. The molecule has 0 saturated carbocycles. The topological polar surface area (TPSA) is 89.1 Å². The minimum absolute atomic E-state index is 0.237. The molecule has 0 aliphatic carbocycles. The summed E-state index contributed by atoms with van der Waals surface area (Å²) in [6.45, 7) is 7.38. The number of aliphatic hydroxyl groups excluding tert-OH is 2. The molecular weight excluding hydrogens is 336 g/mol. The molecule has 0 aliphatic heterocycles. The smallest absolute Gasteiger partial charge is 0.336 e. The Balaban J connectivity index is 2.09. The molecule has 2 atom stereocenters. The van der Waals surface area contributed by atoms with Gasteiger partial charge < -0.3 is 24.1 Å². The normalized spacial score (nSPS) is 14.1. The first kappa shape index (κ1) is 19.8. The predicted molar refractivity (Wildman–Crippen MR) is 99.7 cm³/mol. The molecule has 0 unspecified atom stereocenters. The first-order valence-electron chi connectivity index (χ1n) is 8.24. The summed E-state index contributed by atoms with van der Waals surface area (Å²) in [6.07, 6.45) is 0.247. The molecule has 0 amide bonds. The Labute approximate surface area is 152 Å². The van der Waals surface area contributed by atoms with Crippen molar-refractivity contribution in [2.75, 3.05) is 13.7 Å². The zero-order valence-electron chi connectivity index (χ0n) is 15.2. The van der Waals surface area contributed by atoms with Crippen molar-refractivity contribution >= 4 is 11.0 Å². The van der Waals surface area contributed by atoms with Gasteiger partial charge in [-0.15, -0.1) is 0 Å². The second-order valence-corrected chi connectivity index (χ2v) is 6.19. The van der Waals surface area contributed by atoms with Gasteiger partial charge in [0.2, 0.25) is 5.75 Å². The monoisotopic (exact) mass is 360 g/mol. The minimum Gasteiger partial charge on any atom is -0.490 e. The number of hydrogen-bond acceptors (Lipinski definition) is 6. The van der Waals surface area contributed by atoms with Crippen molar-refractivity contribution in [1.82, 2.24) is 0 Å². The van der Waals surface area contributed by atoms with Crippen LogP contribution in [0.4, 0.5) is 0 Å². The molecule has 0 radical (unpaired) electrons. The molecule has 0 spiro atoms. The lowest BCUT2D eigenvalue weighted by molar-refractivity contribution is 0.0427. The summed E-state index contributed by atoms with van der Waals surface area (Å²) < 4.78 is 16.3. The number of fused-ring (bicyclic) bond motifs is 1. The Morgan fingerprint density at radius 2 is 1.96 bits per heavy atom. The molecule has 140 valence electrons. The van der Waals surface area contributed by atoms with Crippen molar-refractivity contribution in [1.29, 1.82) is 0 Å². The molecule has 26 heavy (non-hydrogen) atoms. The van der Waals surface area contributed by atoms with Crippen LogP contribution in [-0.4, -0.2) is 36.1 Å². The van der Waals surface area contributed by atoms with Gasteiger partial charge >= 0.3 is 5.63 Å². The molecule has 6 nitrogen and oxygen atoms in total. The van der Waals surface area contributed by atoms with Crippen LogP contribution in [0.25, 0.3) is 11.0 Å². The molecular formula is C20H24O6. The highest BCUT2D eigenvalue weighted by atomic mass is 16.5. The molecule has 0 saturated heterocycles. The summed E-state index contributed by atoms with van der Waals surface area (Å²) in [5.74, 6) is 0.796. The molecule has 0 fully saturated rings. The fraction of sp³-hybridized carbons (Fsp3) is 0.350. The SMILES string of the molecule is C=C(C)[C@H](O)[C@@H](O)C/C(C)=C/COc1ccc2ccc(=O)oc2c1OC. The molecule has 1 aromatic carbocycles. The lowest BCUT2D eigenvalue weighted by atomic mass is 10.0. The lowest BCUT2D eigenvalue weighted by Crippen LogP contribution is -2.26. The Bertz CT molecular complexity index is 864. The van der Waals surface area contributed by atoms with Crippen molar-refractivity contribution in [2.45, 2.75) is 32.5 Å². The van der Waals surface area contributed by atoms with Crippen molar-refractivity contribution in [3.8, 4) is 11.5 Å². The number of aliphatic hydroxyl groups is 2. The van der Waals surface area contributed by atoms with Gasteiger partial charge in [0.15, 0.2) is 11.3 Å². The van der Waals surface area contributed by atoms with Gasteiger partial charge in [-0.25, -0.2) is 4.79 Å². The number of benzene rings is 1. The summed E-state index contributed by atoms with van der Waals surface area (Å²) >= 11 is 0. The Hall–Kier alpha value is -2.57. The largest absolute Gasteiger partial charge is 0.490 e. The molecule has 2 aromatic rings. The zero-order valence-corrected chi connectivity index (χ0v) is 15.2. The minimum atomic E-state index is -0.956. The molecule has 1 heterocycles. The van der Waals surface area contributed by atoms with Gasteiger partial charge in [0.1, 0.15) is 12.7 Å². The van der Waals surface area contributed by atoms with Crippen LogP contribution in [0, 0.1) is 0 Å². The van der Waals surface area contributed by atoms with Crippen molar-refractivity contribution in [2.24, 2.45) is 0 Å². The summed E-state index contributed by atoms with van der Waals surface area (Å²) in [6, 6.07) is 6.52. The van der Waals surface area contributed by atoms with Gasteiger partial charge in [-0.3, -0.25) is 0 Å². The van der Waals surface area contributed by atoms with Gasteiger partial charge in [0, 0.05) is 11.5 Å². The lowest BCUT2D eigenvalue weighted by Gasteiger charge is -2.18. The zero-order chi connectivity index (χ0) is 19.3. The Morgan fingerprint density at radius 3 is 2.62 bits per heavy atom. The van der Waals surface area contributed by atoms with Crippen LogP contribution >= 0.6 is 0 Å². The van der Waals surface area contributed by atoms with E-state index >= 15 is 0 Å². The van der Waals surface area contributed by atoms with Gasteiger partial charge in [0.25, 0.3) is 0 Å². The molecule has 6 heteroatoms. The maximum Gasteiger partial charge on any atom is 0.336 e. The van der Waals surface area contributed by atoms with E-state index in [0.29, 0.717) is 29.1 Å². The number of hydrogen-bond donors (Lipinski definition) is 2. The van der Waals surface area contributed by atoms with E-state index in [1.165, 1.54) is 13.2 Å².